The molecule has 0 spiro atoms. The van der Waals surface area contributed by atoms with Gasteiger partial charge in [-0.1, -0.05) is 11.6 Å². The molecule has 3 aromatic heterocycles. The molecular weight excluding hydrogens is 544 g/mol. The van der Waals surface area contributed by atoms with Crippen molar-refractivity contribution in [1.29, 1.82) is 0 Å². The molecule has 0 radical (unpaired) electrons. The van der Waals surface area contributed by atoms with Crippen LogP contribution in [0.1, 0.15) is 29.7 Å². The van der Waals surface area contributed by atoms with E-state index in [4.69, 9.17) is 11.6 Å². The molecule has 1 atom stereocenters. The van der Waals surface area contributed by atoms with Crippen molar-refractivity contribution >= 4 is 38.8 Å². The van der Waals surface area contributed by atoms with Crippen molar-refractivity contribution in [2.24, 2.45) is 0 Å². The van der Waals surface area contributed by atoms with E-state index in [9.17, 15) is 18.4 Å². The fourth-order valence-corrected chi connectivity index (χ4v) is 7.13. The van der Waals surface area contributed by atoms with E-state index in [0.29, 0.717) is 11.1 Å². The van der Waals surface area contributed by atoms with E-state index in [2.05, 4.69) is 21.3 Å². The molecule has 204 valence electrons. The van der Waals surface area contributed by atoms with Gasteiger partial charge in [-0.2, -0.15) is 0 Å². The Bertz CT molecular complexity index is 1640. The average Bonchev–Trinajstić information content (AvgIpc) is 3.59. The molecule has 2 aliphatic heterocycles. The van der Waals surface area contributed by atoms with Crippen molar-refractivity contribution in [3.63, 3.8) is 0 Å². The Morgan fingerprint density at radius 2 is 2.05 bits per heavy atom. The van der Waals surface area contributed by atoms with Crippen LogP contribution in [0.2, 0.25) is 5.02 Å². The second-order valence-electron chi connectivity index (χ2n) is 10.1. The van der Waals surface area contributed by atoms with E-state index in [1.54, 1.807) is 6.20 Å². The monoisotopic (exact) mass is 571 g/mol. The van der Waals surface area contributed by atoms with Gasteiger partial charge in [-0.25, -0.2) is 13.6 Å². The minimum atomic E-state index is -2.53. The Labute approximate surface area is 232 Å². The minimum absolute atomic E-state index is 0.0428. The normalized spacial score (nSPS) is 17.3. The van der Waals surface area contributed by atoms with Crippen LogP contribution in [-0.4, -0.2) is 46.2 Å². The lowest BCUT2D eigenvalue weighted by Gasteiger charge is -2.38. The maximum atomic E-state index is 12.9. The molecule has 0 aliphatic carbocycles. The smallest absolute Gasteiger partial charge is 0.331 e. The summed E-state index contributed by atoms with van der Waals surface area (Å²) in [6.45, 7) is 2.85. The molecule has 39 heavy (non-hydrogen) atoms. The van der Waals surface area contributed by atoms with Gasteiger partial charge >= 0.3 is 5.69 Å². The molecule has 6 rings (SSSR count). The Kier molecular flexibility index (Phi) is 7.26. The molecule has 1 N–H and O–H groups in total. The van der Waals surface area contributed by atoms with Crippen LogP contribution < -0.4 is 21.5 Å². The van der Waals surface area contributed by atoms with Crippen LogP contribution in [0.5, 0.6) is 0 Å². The second kappa shape index (κ2) is 10.8. The summed E-state index contributed by atoms with van der Waals surface area (Å²) in [5, 5.41) is 4.18. The molecule has 4 aromatic rings. The third-order valence-corrected chi connectivity index (χ3v) is 8.92. The zero-order valence-corrected chi connectivity index (χ0v) is 22.8. The van der Waals surface area contributed by atoms with Crippen molar-refractivity contribution in [3.8, 4) is 11.1 Å². The molecule has 0 saturated carbocycles. The maximum absolute atomic E-state index is 12.9. The molecular formula is C28H28ClF2N5O2S. The number of aromatic nitrogens is 3. The molecule has 11 heteroatoms. The Hall–Kier alpha value is -3.08. The van der Waals surface area contributed by atoms with E-state index >= 15 is 0 Å². The van der Waals surface area contributed by atoms with Crippen molar-refractivity contribution in [2.45, 2.75) is 51.2 Å². The zero-order chi connectivity index (χ0) is 27.1. The molecule has 0 amide bonds. The first-order valence-corrected chi connectivity index (χ1v) is 14.3. The fraction of sp³-hybridized carbons (Fsp3) is 0.393. The van der Waals surface area contributed by atoms with Crippen LogP contribution in [0.4, 0.5) is 14.5 Å². The number of benzene rings is 1. The third kappa shape index (κ3) is 5.13. The highest BCUT2D eigenvalue weighted by atomic mass is 35.5. The topological polar surface area (TPSA) is 72.2 Å². The number of nitrogens with one attached hydrogen (secondary N) is 1. The van der Waals surface area contributed by atoms with Crippen molar-refractivity contribution in [1.82, 2.24) is 19.4 Å². The molecule has 7 nitrogen and oxygen atoms in total. The van der Waals surface area contributed by atoms with Gasteiger partial charge in [0.15, 0.2) is 0 Å². The van der Waals surface area contributed by atoms with E-state index in [0.717, 1.165) is 74.3 Å². The lowest BCUT2D eigenvalue weighted by atomic mass is 9.92. The van der Waals surface area contributed by atoms with Crippen LogP contribution in [0.25, 0.3) is 21.3 Å². The summed E-state index contributed by atoms with van der Waals surface area (Å²) >= 11 is 8.11. The van der Waals surface area contributed by atoms with Crippen molar-refractivity contribution in [2.75, 3.05) is 24.5 Å². The molecule has 2 aliphatic rings. The van der Waals surface area contributed by atoms with Crippen molar-refractivity contribution < 1.29 is 8.78 Å². The van der Waals surface area contributed by atoms with Gasteiger partial charge in [0.05, 0.1) is 16.8 Å². The lowest BCUT2D eigenvalue weighted by Crippen LogP contribution is -2.40. The number of nitrogens with zero attached hydrogens (tertiary/aromatic N) is 4. The van der Waals surface area contributed by atoms with Crippen LogP contribution in [-0.2, 0) is 19.5 Å². The van der Waals surface area contributed by atoms with Crippen LogP contribution >= 0.6 is 22.9 Å². The van der Waals surface area contributed by atoms with E-state index in [1.165, 1.54) is 34.9 Å². The molecule has 1 saturated heterocycles. The molecule has 0 bridgehead atoms. The summed E-state index contributed by atoms with van der Waals surface area (Å²) < 4.78 is 28.6. The molecule has 0 unspecified atom stereocenters. The van der Waals surface area contributed by atoms with Crippen LogP contribution in [0.3, 0.4) is 0 Å². The highest BCUT2D eigenvalue weighted by molar-refractivity contribution is 7.19. The Morgan fingerprint density at radius 3 is 2.85 bits per heavy atom. The quantitative estimate of drug-likeness (QED) is 0.346. The van der Waals surface area contributed by atoms with Gasteiger partial charge in [-0.3, -0.25) is 14.3 Å². The number of pyridine rings is 1. The van der Waals surface area contributed by atoms with E-state index < -0.39 is 24.1 Å². The second-order valence-corrected chi connectivity index (χ2v) is 11.7. The first-order valence-electron chi connectivity index (χ1n) is 13.1. The van der Waals surface area contributed by atoms with Crippen molar-refractivity contribution in [3.05, 3.63) is 79.0 Å². The predicted octanol–water partition coefficient (Wildman–Crippen LogP) is 4.76. The summed E-state index contributed by atoms with van der Waals surface area (Å²) in [7, 11) is 0. The minimum Gasteiger partial charge on any atom is -0.366 e. The summed E-state index contributed by atoms with van der Waals surface area (Å²) in [6.07, 6.45) is 3.22. The number of hydrogen-bond donors (Lipinski definition) is 1. The van der Waals surface area contributed by atoms with Crippen LogP contribution in [0.15, 0.2) is 52.3 Å². The number of rotatable bonds is 7. The summed E-state index contributed by atoms with van der Waals surface area (Å²) in [5.74, 6) is 0. The van der Waals surface area contributed by atoms with Gasteiger partial charge in [-0.15, -0.1) is 11.3 Å². The first kappa shape index (κ1) is 26.2. The summed E-state index contributed by atoms with van der Waals surface area (Å²) in [5.41, 5.74) is 4.26. The first-order chi connectivity index (χ1) is 18.9. The van der Waals surface area contributed by atoms with E-state index in [-0.39, 0.29) is 13.1 Å². The van der Waals surface area contributed by atoms with Crippen LogP contribution in [0, 0.1) is 0 Å². The van der Waals surface area contributed by atoms with E-state index in [1.807, 2.05) is 18.2 Å². The fourth-order valence-electron chi connectivity index (χ4n) is 5.76. The van der Waals surface area contributed by atoms with Gasteiger partial charge < -0.3 is 14.8 Å². The highest BCUT2D eigenvalue weighted by Gasteiger charge is 2.30. The van der Waals surface area contributed by atoms with Gasteiger partial charge in [0.25, 0.3) is 5.56 Å². The maximum Gasteiger partial charge on any atom is 0.331 e. The summed E-state index contributed by atoms with van der Waals surface area (Å²) in [4.78, 5) is 33.4. The number of hydrogen-bond acceptors (Lipinski definition) is 6. The van der Waals surface area contributed by atoms with Gasteiger partial charge in [0.1, 0.15) is 0 Å². The SMILES string of the molecule is O=c1ccn(CCC(F)F)c(=O)n1Cc1cc2nccc(-c3cc(Cl)cc4c3N([C@H]3CCNC3)CCC4)c2s1. The molecule has 1 aromatic carbocycles. The number of halogens is 3. The molecule has 5 heterocycles. The predicted molar refractivity (Wildman–Crippen MR) is 152 cm³/mol. The van der Waals surface area contributed by atoms with Gasteiger partial charge in [0, 0.05) is 77.3 Å². The molecule has 1 fully saturated rings. The Balaban J connectivity index is 1.42. The average molecular weight is 572 g/mol. The number of fused-ring (bicyclic) bond motifs is 2. The number of anilines is 1. The van der Waals surface area contributed by atoms with Gasteiger partial charge in [0.2, 0.25) is 6.43 Å². The Morgan fingerprint density at radius 1 is 1.18 bits per heavy atom. The largest absolute Gasteiger partial charge is 0.366 e. The van der Waals surface area contributed by atoms with Gasteiger partial charge in [-0.05, 0) is 55.6 Å². The zero-order valence-electron chi connectivity index (χ0n) is 21.2. The number of thiophene rings is 1. The number of alkyl halides is 2. The number of aryl methyl sites for hydroxylation is 2. The highest BCUT2D eigenvalue weighted by Crippen LogP contribution is 2.44. The standard InChI is InChI=1S/C28H28ClF2N5O2S/c29-18-12-17-2-1-9-35(19-3-7-32-15-19)26(17)22(13-18)21-4-8-33-23-14-20(39-27(21)23)16-36-25(37)6-11-34(28(36)38)10-5-24(30)31/h4,6,8,11-14,19,24,32H,1-3,5,7,9-10,15-16H2/t19-/m0/s1. The lowest BCUT2D eigenvalue weighted by molar-refractivity contribution is 0.130. The summed E-state index contributed by atoms with van der Waals surface area (Å²) in [6, 6.07) is 9.67. The third-order valence-electron chi connectivity index (χ3n) is 7.56.